The summed E-state index contributed by atoms with van der Waals surface area (Å²) in [7, 11) is 0. The Morgan fingerprint density at radius 1 is 1.04 bits per heavy atom. The van der Waals surface area contributed by atoms with Gasteiger partial charge in [-0.1, -0.05) is 18.2 Å². The molecule has 144 valence electrons. The minimum absolute atomic E-state index is 0.103. The minimum atomic E-state index is -0.528. The predicted octanol–water partition coefficient (Wildman–Crippen LogP) is 4.38. The summed E-state index contributed by atoms with van der Waals surface area (Å²) >= 11 is 0. The Kier molecular flexibility index (Phi) is 6.38. The van der Waals surface area contributed by atoms with Crippen LogP contribution in [0.5, 0.6) is 5.75 Å². The SMILES string of the molecule is Cc1ccc(O[C@H](C)C(=O)NCc2ccc(N3CCCCC3)cc2)cc1C. The quantitative estimate of drug-likeness (QED) is 0.825. The molecule has 4 nitrogen and oxygen atoms in total. The lowest BCUT2D eigenvalue weighted by atomic mass is 10.1. The molecule has 1 aliphatic rings. The Morgan fingerprint density at radius 3 is 2.41 bits per heavy atom. The molecule has 27 heavy (non-hydrogen) atoms. The van der Waals surface area contributed by atoms with Gasteiger partial charge in [-0.05, 0) is 81.0 Å². The first kappa shape index (κ1) is 19.3. The van der Waals surface area contributed by atoms with Gasteiger partial charge in [0.15, 0.2) is 6.10 Å². The zero-order chi connectivity index (χ0) is 19.2. The highest BCUT2D eigenvalue weighted by molar-refractivity contribution is 5.80. The van der Waals surface area contributed by atoms with Gasteiger partial charge in [-0.15, -0.1) is 0 Å². The monoisotopic (exact) mass is 366 g/mol. The molecular formula is C23H30N2O2. The maximum absolute atomic E-state index is 12.3. The lowest BCUT2D eigenvalue weighted by molar-refractivity contribution is -0.127. The number of piperidine rings is 1. The lowest BCUT2D eigenvalue weighted by Gasteiger charge is -2.28. The highest BCUT2D eigenvalue weighted by Crippen LogP contribution is 2.20. The molecule has 0 bridgehead atoms. The molecule has 3 rings (SSSR count). The van der Waals surface area contributed by atoms with Gasteiger partial charge in [-0.25, -0.2) is 0 Å². The first-order chi connectivity index (χ1) is 13.0. The first-order valence-corrected chi connectivity index (χ1v) is 9.88. The third-order valence-corrected chi connectivity index (χ3v) is 5.28. The Bertz CT molecular complexity index is 764. The van der Waals surface area contributed by atoms with Crippen LogP contribution in [-0.2, 0) is 11.3 Å². The molecule has 1 amide bonds. The maximum Gasteiger partial charge on any atom is 0.261 e. The molecule has 1 saturated heterocycles. The van der Waals surface area contributed by atoms with Crippen LogP contribution in [0.25, 0.3) is 0 Å². The molecule has 1 aliphatic heterocycles. The Morgan fingerprint density at radius 2 is 1.74 bits per heavy atom. The minimum Gasteiger partial charge on any atom is -0.481 e. The van der Waals surface area contributed by atoms with Crippen LogP contribution in [0.4, 0.5) is 5.69 Å². The second kappa shape index (κ2) is 8.94. The summed E-state index contributed by atoms with van der Waals surface area (Å²) in [5.74, 6) is 0.625. The molecule has 1 N–H and O–H groups in total. The predicted molar refractivity (Wildman–Crippen MR) is 110 cm³/mol. The largest absolute Gasteiger partial charge is 0.481 e. The van der Waals surface area contributed by atoms with Gasteiger partial charge < -0.3 is 15.0 Å². The molecule has 0 radical (unpaired) electrons. The smallest absolute Gasteiger partial charge is 0.261 e. The van der Waals surface area contributed by atoms with E-state index in [0.717, 1.165) is 30.0 Å². The van der Waals surface area contributed by atoms with E-state index in [1.165, 1.54) is 30.5 Å². The fourth-order valence-corrected chi connectivity index (χ4v) is 3.35. The average molecular weight is 367 g/mol. The number of rotatable bonds is 6. The molecule has 0 aliphatic carbocycles. The number of ether oxygens (including phenoxy) is 1. The van der Waals surface area contributed by atoms with E-state index in [1.54, 1.807) is 6.92 Å². The van der Waals surface area contributed by atoms with Crippen LogP contribution in [0.15, 0.2) is 42.5 Å². The van der Waals surface area contributed by atoms with Crippen LogP contribution < -0.4 is 15.0 Å². The molecule has 1 fully saturated rings. The molecule has 1 heterocycles. The molecule has 0 saturated carbocycles. The van der Waals surface area contributed by atoms with E-state index >= 15 is 0 Å². The van der Waals surface area contributed by atoms with E-state index < -0.39 is 6.10 Å². The van der Waals surface area contributed by atoms with Crippen LogP contribution in [0.1, 0.15) is 42.9 Å². The highest BCUT2D eigenvalue weighted by Gasteiger charge is 2.15. The highest BCUT2D eigenvalue weighted by atomic mass is 16.5. The van der Waals surface area contributed by atoms with Crippen molar-refractivity contribution >= 4 is 11.6 Å². The normalized spacial score (nSPS) is 15.3. The molecule has 2 aromatic rings. The van der Waals surface area contributed by atoms with Crippen molar-refractivity contribution in [1.82, 2.24) is 5.32 Å². The second-order valence-corrected chi connectivity index (χ2v) is 7.44. The number of nitrogens with zero attached hydrogens (tertiary/aromatic N) is 1. The van der Waals surface area contributed by atoms with Gasteiger partial charge in [-0.3, -0.25) is 4.79 Å². The zero-order valence-electron chi connectivity index (χ0n) is 16.6. The number of hydrogen-bond donors (Lipinski definition) is 1. The molecule has 1 atom stereocenters. The van der Waals surface area contributed by atoms with Crippen molar-refractivity contribution in [1.29, 1.82) is 0 Å². The molecule has 4 heteroatoms. The topological polar surface area (TPSA) is 41.6 Å². The summed E-state index contributed by atoms with van der Waals surface area (Å²) in [5, 5.41) is 2.97. The average Bonchev–Trinajstić information content (AvgIpc) is 2.70. The van der Waals surface area contributed by atoms with Gasteiger partial charge >= 0.3 is 0 Å². The summed E-state index contributed by atoms with van der Waals surface area (Å²) < 4.78 is 5.78. The van der Waals surface area contributed by atoms with E-state index in [4.69, 9.17) is 4.74 Å². The molecule has 0 aromatic heterocycles. The van der Waals surface area contributed by atoms with E-state index in [0.29, 0.717) is 6.54 Å². The van der Waals surface area contributed by atoms with Crippen LogP contribution in [0.3, 0.4) is 0 Å². The van der Waals surface area contributed by atoms with Gasteiger partial charge in [0.2, 0.25) is 0 Å². The van der Waals surface area contributed by atoms with Crippen molar-refractivity contribution < 1.29 is 9.53 Å². The number of carbonyl (C=O) groups excluding carboxylic acids is 1. The Labute approximate surface area is 162 Å². The lowest BCUT2D eigenvalue weighted by Crippen LogP contribution is -2.35. The number of benzene rings is 2. The number of hydrogen-bond acceptors (Lipinski definition) is 3. The summed E-state index contributed by atoms with van der Waals surface area (Å²) in [6.07, 6.45) is 3.36. The van der Waals surface area contributed by atoms with E-state index in [1.807, 2.05) is 25.1 Å². The zero-order valence-corrected chi connectivity index (χ0v) is 16.6. The standard InChI is InChI=1S/C23H30N2O2/c1-17-7-12-22(15-18(17)2)27-19(3)23(26)24-16-20-8-10-21(11-9-20)25-13-5-4-6-14-25/h7-12,15,19H,4-6,13-14,16H2,1-3H3,(H,24,26)/t19-/m1/s1. The summed E-state index contributed by atoms with van der Waals surface area (Å²) in [6, 6.07) is 14.4. The van der Waals surface area contributed by atoms with Crippen LogP contribution in [0, 0.1) is 13.8 Å². The third kappa shape index (κ3) is 5.25. The third-order valence-electron chi connectivity index (χ3n) is 5.28. The van der Waals surface area contributed by atoms with Gasteiger partial charge in [-0.2, -0.15) is 0 Å². The van der Waals surface area contributed by atoms with Gasteiger partial charge in [0.25, 0.3) is 5.91 Å². The summed E-state index contributed by atoms with van der Waals surface area (Å²) in [5.41, 5.74) is 4.75. The number of amides is 1. The van der Waals surface area contributed by atoms with E-state index in [2.05, 4.69) is 41.4 Å². The van der Waals surface area contributed by atoms with Gasteiger partial charge in [0, 0.05) is 25.3 Å². The fraction of sp³-hybridized carbons (Fsp3) is 0.435. The van der Waals surface area contributed by atoms with Crippen LogP contribution in [0.2, 0.25) is 0 Å². The first-order valence-electron chi connectivity index (χ1n) is 9.88. The van der Waals surface area contributed by atoms with Crippen LogP contribution >= 0.6 is 0 Å². The summed E-state index contributed by atoms with van der Waals surface area (Å²) in [4.78, 5) is 14.8. The van der Waals surface area contributed by atoms with Crippen molar-refractivity contribution in [2.75, 3.05) is 18.0 Å². The summed E-state index contributed by atoms with van der Waals surface area (Å²) in [6.45, 7) is 8.68. The van der Waals surface area contributed by atoms with Crippen molar-refractivity contribution in [2.45, 2.75) is 52.7 Å². The molecular weight excluding hydrogens is 336 g/mol. The fourth-order valence-electron chi connectivity index (χ4n) is 3.35. The molecule has 0 spiro atoms. The molecule has 2 aromatic carbocycles. The second-order valence-electron chi connectivity index (χ2n) is 7.44. The van der Waals surface area contributed by atoms with Crippen LogP contribution in [-0.4, -0.2) is 25.1 Å². The van der Waals surface area contributed by atoms with Crippen molar-refractivity contribution in [3.05, 3.63) is 59.2 Å². The number of anilines is 1. The van der Waals surface area contributed by atoms with Crippen molar-refractivity contribution in [3.63, 3.8) is 0 Å². The van der Waals surface area contributed by atoms with Crippen molar-refractivity contribution in [2.24, 2.45) is 0 Å². The maximum atomic E-state index is 12.3. The van der Waals surface area contributed by atoms with E-state index in [-0.39, 0.29) is 5.91 Å². The van der Waals surface area contributed by atoms with Crippen molar-refractivity contribution in [3.8, 4) is 5.75 Å². The number of carbonyl (C=O) groups is 1. The number of aryl methyl sites for hydroxylation is 2. The van der Waals surface area contributed by atoms with Gasteiger partial charge in [0.05, 0.1) is 0 Å². The van der Waals surface area contributed by atoms with E-state index in [9.17, 15) is 4.79 Å². The van der Waals surface area contributed by atoms with Gasteiger partial charge in [0.1, 0.15) is 5.75 Å². The Hall–Kier alpha value is -2.49. The Balaban J connectivity index is 1.49. The molecule has 0 unspecified atom stereocenters. The number of nitrogens with one attached hydrogen (secondary N) is 1.